The second kappa shape index (κ2) is 8.43. The first-order valence-corrected chi connectivity index (χ1v) is 9.66. The number of carbonyl (C=O) groups excluding carboxylic acids is 1. The van der Waals surface area contributed by atoms with Crippen molar-refractivity contribution in [1.82, 2.24) is 14.5 Å². The fraction of sp³-hybridized carbons (Fsp3) is 0.273. The summed E-state index contributed by atoms with van der Waals surface area (Å²) in [6.07, 6.45) is 5.21. The second-order valence-electron chi connectivity index (χ2n) is 7.20. The molecule has 2 aromatic carbocycles. The van der Waals surface area contributed by atoms with E-state index in [0.717, 1.165) is 36.4 Å². The van der Waals surface area contributed by atoms with Gasteiger partial charge >= 0.3 is 0 Å². The van der Waals surface area contributed by atoms with Crippen molar-refractivity contribution in [3.05, 3.63) is 72.6 Å². The van der Waals surface area contributed by atoms with E-state index in [4.69, 9.17) is 0 Å². The van der Waals surface area contributed by atoms with Gasteiger partial charge in [-0.15, -0.1) is 0 Å². The number of imidazole rings is 1. The van der Waals surface area contributed by atoms with E-state index in [9.17, 15) is 13.6 Å². The number of carbonyl (C=O) groups is 1. The molecule has 0 saturated carbocycles. The van der Waals surface area contributed by atoms with Crippen molar-refractivity contribution in [2.75, 3.05) is 18.4 Å². The molecule has 0 aliphatic carbocycles. The molecule has 1 saturated heterocycles. The number of likely N-dealkylation sites (tertiary alicyclic amines) is 1. The van der Waals surface area contributed by atoms with E-state index >= 15 is 0 Å². The number of anilines is 1. The Kier molecular flexibility index (Phi) is 5.55. The van der Waals surface area contributed by atoms with Crippen LogP contribution in [0, 0.1) is 11.6 Å². The van der Waals surface area contributed by atoms with E-state index in [2.05, 4.69) is 10.3 Å². The fourth-order valence-electron chi connectivity index (χ4n) is 3.67. The largest absolute Gasteiger partial charge is 0.380 e. The third kappa shape index (κ3) is 4.45. The predicted molar refractivity (Wildman–Crippen MR) is 107 cm³/mol. The number of piperidine rings is 1. The Balaban J connectivity index is 1.41. The maximum atomic E-state index is 13.4. The van der Waals surface area contributed by atoms with Gasteiger partial charge in [-0.3, -0.25) is 4.79 Å². The summed E-state index contributed by atoms with van der Waals surface area (Å²) < 4.78 is 28.4. The van der Waals surface area contributed by atoms with Crippen LogP contribution in [0.25, 0.3) is 11.4 Å². The number of nitrogens with zero attached hydrogens (tertiary/aromatic N) is 3. The molecule has 0 radical (unpaired) electrons. The topological polar surface area (TPSA) is 50.2 Å². The molecule has 1 N–H and O–H groups in total. The summed E-state index contributed by atoms with van der Waals surface area (Å²) in [6.45, 7) is 1.42. The van der Waals surface area contributed by atoms with Crippen LogP contribution in [0.1, 0.15) is 12.8 Å². The maximum Gasteiger partial charge on any atom is 0.242 e. The Morgan fingerprint density at radius 3 is 2.76 bits per heavy atom. The molecule has 5 nitrogen and oxygen atoms in total. The van der Waals surface area contributed by atoms with Crippen LogP contribution < -0.4 is 5.32 Å². The van der Waals surface area contributed by atoms with Gasteiger partial charge in [-0.25, -0.2) is 13.8 Å². The van der Waals surface area contributed by atoms with Crippen LogP contribution in [0.4, 0.5) is 14.5 Å². The minimum atomic E-state index is -0.882. The zero-order valence-electron chi connectivity index (χ0n) is 15.9. The Bertz CT molecular complexity index is 989. The molecular formula is C22H22F2N4O. The van der Waals surface area contributed by atoms with Gasteiger partial charge in [-0.05, 0) is 25.0 Å². The second-order valence-corrected chi connectivity index (χ2v) is 7.20. The van der Waals surface area contributed by atoms with Gasteiger partial charge in [0.1, 0.15) is 12.4 Å². The number of benzene rings is 2. The number of halogens is 2. The summed E-state index contributed by atoms with van der Waals surface area (Å²) >= 11 is 0. The first-order chi connectivity index (χ1) is 14.1. The van der Waals surface area contributed by atoms with E-state index < -0.39 is 11.6 Å². The monoisotopic (exact) mass is 396 g/mol. The lowest BCUT2D eigenvalue weighted by molar-refractivity contribution is -0.132. The highest BCUT2D eigenvalue weighted by molar-refractivity contribution is 5.77. The summed E-state index contributed by atoms with van der Waals surface area (Å²) in [5, 5.41) is 3.21. The first kappa shape index (κ1) is 19.1. The van der Waals surface area contributed by atoms with Crippen molar-refractivity contribution in [1.29, 1.82) is 0 Å². The van der Waals surface area contributed by atoms with Crippen LogP contribution >= 0.6 is 0 Å². The van der Waals surface area contributed by atoms with Gasteiger partial charge in [0.05, 0.1) is 0 Å². The van der Waals surface area contributed by atoms with Gasteiger partial charge in [0.25, 0.3) is 0 Å². The van der Waals surface area contributed by atoms with E-state index in [-0.39, 0.29) is 18.5 Å². The molecule has 2 heterocycles. The molecule has 1 aliphatic heterocycles. The molecule has 3 aromatic rings. The van der Waals surface area contributed by atoms with Crippen LogP contribution in [0.15, 0.2) is 60.9 Å². The SMILES string of the molecule is O=C(Cn1ccnc1-c1ccccc1)N1CCC[C@H](Nc2ccc(F)c(F)c2)C1. The van der Waals surface area contributed by atoms with E-state index in [1.807, 2.05) is 39.8 Å². The van der Waals surface area contributed by atoms with Crippen molar-refractivity contribution in [2.45, 2.75) is 25.4 Å². The third-order valence-corrected chi connectivity index (χ3v) is 5.12. The quantitative estimate of drug-likeness (QED) is 0.711. The standard InChI is InChI=1S/C22H22F2N4O/c23-19-9-8-17(13-20(19)24)26-18-7-4-11-27(14-18)21(29)15-28-12-10-25-22(28)16-5-2-1-3-6-16/h1-3,5-6,8-10,12-13,18,26H,4,7,11,14-15H2/t18-/m0/s1. The molecule has 1 atom stereocenters. The van der Waals surface area contributed by atoms with Gasteiger partial charge in [0.2, 0.25) is 5.91 Å². The van der Waals surface area contributed by atoms with Crippen molar-refractivity contribution in [3.63, 3.8) is 0 Å². The molecule has 7 heteroatoms. The Morgan fingerprint density at radius 1 is 1.14 bits per heavy atom. The van der Waals surface area contributed by atoms with Crippen molar-refractivity contribution >= 4 is 11.6 Å². The highest BCUT2D eigenvalue weighted by Gasteiger charge is 2.24. The molecule has 0 bridgehead atoms. The van der Waals surface area contributed by atoms with Crippen LogP contribution in [0.2, 0.25) is 0 Å². The molecule has 0 spiro atoms. The molecule has 1 aliphatic rings. The molecule has 1 amide bonds. The van der Waals surface area contributed by atoms with Crippen LogP contribution in [-0.4, -0.2) is 39.5 Å². The van der Waals surface area contributed by atoms with E-state index in [1.165, 1.54) is 6.07 Å². The number of rotatable bonds is 5. The molecule has 4 rings (SSSR count). The lowest BCUT2D eigenvalue weighted by Gasteiger charge is -2.34. The minimum absolute atomic E-state index is 0.00561. The molecule has 29 heavy (non-hydrogen) atoms. The van der Waals surface area contributed by atoms with Crippen LogP contribution in [-0.2, 0) is 11.3 Å². The number of aromatic nitrogens is 2. The first-order valence-electron chi connectivity index (χ1n) is 9.66. The average Bonchev–Trinajstić information content (AvgIpc) is 3.20. The van der Waals surface area contributed by atoms with E-state index in [1.54, 1.807) is 12.4 Å². The number of hydrogen-bond donors (Lipinski definition) is 1. The van der Waals surface area contributed by atoms with Crippen molar-refractivity contribution in [2.24, 2.45) is 0 Å². The third-order valence-electron chi connectivity index (χ3n) is 5.12. The zero-order valence-corrected chi connectivity index (χ0v) is 15.9. The number of nitrogens with one attached hydrogen (secondary N) is 1. The Labute approximate surface area is 168 Å². The lowest BCUT2D eigenvalue weighted by atomic mass is 10.1. The van der Waals surface area contributed by atoms with Crippen LogP contribution in [0.5, 0.6) is 0 Å². The summed E-state index contributed by atoms with van der Waals surface area (Å²) in [6, 6.07) is 13.5. The summed E-state index contributed by atoms with van der Waals surface area (Å²) in [4.78, 5) is 19.1. The Morgan fingerprint density at radius 2 is 1.97 bits per heavy atom. The zero-order chi connectivity index (χ0) is 20.2. The number of amides is 1. The van der Waals surface area contributed by atoms with Gasteiger partial charge < -0.3 is 14.8 Å². The van der Waals surface area contributed by atoms with Gasteiger partial charge in [-0.1, -0.05) is 30.3 Å². The van der Waals surface area contributed by atoms with Gasteiger partial charge in [0.15, 0.2) is 11.6 Å². The lowest BCUT2D eigenvalue weighted by Crippen LogP contribution is -2.46. The smallest absolute Gasteiger partial charge is 0.242 e. The van der Waals surface area contributed by atoms with Crippen LogP contribution in [0.3, 0.4) is 0 Å². The Hall–Kier alpha value is -3.22. The van der Waals surface area contributed by atoms with Gasteiger partial charge in [0, 0.05) is 48.8 Å². The molecular weight excluding hydrogens is 374 g/mol. The fourth-order valence-corrected chi connectivity index (χ4v) is 3.67. The minimum Gasteiger partial charge on any atom is -0.380 e. The number of hydrogen-bond acceptors (Lipinski definition) is 3. The normalized spacial score (nSPS) is 16.6. The highest BCUT2D eigenvalue weighted by Crippen LogP contribution is 2.20. The molecule has 1 fully saturated rings. The predicted octanol–water partition coefficient (Wildman–Crippen LogP) is 3.93. The van der Waals surface area contributed by atoms with Crippen molar-refractivity contribution < 1.29 is 13.6 Å². The van der Waals surface area contributed by atoms with Gasteiger partial charge in [-0.2, -0.15) is 0 Å². The molecule has 0 unspecified atom stereocenters. The molecule has 1 aromatic heterocycles. The maximum absolute atomic E-state index is 13.4. The summed E-state index contributed by atoms with van der Waals surface area (Å²) in [5.41, 5.74) is 1.48. The van der Waals surface area contributed by atoms with Crippen molar-refractivity contribution in [3.8, 4) is 11.4 Å². The molecule has 150 valence electrons. The summed E-state index contributed by atoms with van der Waals surface area (Å²) in [5.74, 6) is -0.984. The van der Waals surface area contributed by atoms with E-state index in [0.29, 0.717) is 18.8 Å². The average molecular weight is 396 g/mol. The summed E-state index contributed by atoms with van der Waals surface area (Å²) in [7, 11) is 0. The highest BCUT2D eigenvalue weighted by atomic mass is 19.2.